The van der Waals surface area contributed by atoms with Gasteiger partial charge in [-0.2, -0.15) is 0 Å². The highest BCUT2D eigenvalue weighted by molar-refractivity contribution is 7.99. The molecule has 3 aromatic rings. The number of carbonyl (C=O) groups is 2. The second-order valence-electron chi connectivity index (χ2n) is 6.06. The number of anilines is 1. The molecule has 28 heavy (non-hydrogen) atoms. The van der Waals surface area contributed by atoms with E-state index in [1.54, 1.807) is 42.1 Å². The minimum Gasteiger partial charge on any atom is -0.302 e. The summed E-state index contributed by atoms with van der Waals surface area (Å²) in [5.41, 5.74) is 1.52. The summed E-state index contributed by atoms with van der Waals surface area (Å²) in [4.78, 5) is 28.4. The van der Waals surface area contributed by atoms with Gasteiger partial charge in [-0.05, 0) is 48.0 Å². The molecule has 1 aliphatic rings. The van der Waals surface area contributed by atoms with E-state index in [2.05, 4.69) is 5.32 Å². The van der Waals surface area contributed by atoms with Crippen LogP contribution in [-0.2, 0) is 4.79 Å². The fourth-order valence-corrected chi connectivity index (χ4v) is 3.97. The lowest BCUT2D eigenvalue weighted by molar-refractivity contribution is -0.113. The SMILES string of the molecule is O=C1N/C(=C/c2ccccc2Sc2ccccc2)C(=O)N1c1cccc(Cl)c1. The molecule has 4 rings (SSSR count). The van der Waals surface area contributed by atoms with E-state index in [0.717, 1.165) is 20.3 Å². The third-order valence-corrected chi connectivity index (χ3v) is 5.47. The van der Waals surface area contributed by atoms with E-state index in [1.165, 1.54) is 0 Å². The van der Waals surface area contributed by atoms with Gasteiger partial charge in [-0.15, -0.1) is 0 Å². The molecular formula is C22H15ClN2O2S. The summed E-state index contributed by atoms with van der Waals surface area (Å²) in [6, 6.07) is 23.9. The number of imide groups is 1. The summed E-state index contributed by atoms with van der Waals surface area (Å²) in [7, 11) is 0. The first-order chi connectivity index (χ1) is 13.6. The van der Waals surface area contributed by atoms with E-state index in [9.17, 15) is 9.59 Å². The molecular weight excluding hydrogens is 392 g/mol. The zero-order valence-electron chi connectivity index (χ0n) is 14.6. The lowest BCUT2D eigenvalue weighted by atomic mass is 10.2. The number of rotatable bonds is 4. The maximum Gasteiger partial charge on any atom is 0.333 e. The molecule has 1 N–H and O–H groups in total. The van der Waals surface area contributed by atoms with E-state index in [4.69, 9.17) is 11.6 Å². The number of hydrogen-bond acceptors (Lipinski definition) is 3. The topological polar surface area (TPSA) is 49.4 Å². The average Bonchev–Trinajstić information content (AvgIpc) is 2.97. The smallest absolute Gasteiger partial charge is 0.302 e. The normalized spacial score (nSPS) is 15.2. The molecule has 0 saturated carbocycles. The van der Waals surface area contributed by atoms with Crippen molar-refractivity contribution >= 4 is 47.1 Å². The summed E-state index contributed by atoms with van der Waals surface area (Å²) < 4.78 is 0. The second kappa shape index (κ2) is 7.92. The summed E-state index contributed by atoms with van der Waals surface area (Å²) in [6.45, 7) is 0. The van der Waals surface area contributed by atoms with Crippen LogP contribution in [0, 0.1) is 0 Å². The Morgan fingerprint density at radius 3 is 2.43 bits per heavy atom. The molecule has 0 radical (unpaired) electrons. The molecule has 0 spiro atoms. The monoisotopic (exact) mass is 406 g/mol. The predicted octanol–water partition coefficient (Wildman–Crippen LogP) is 5.59. The fourth-order valence-electron chi connectivity index (χ4n) is 2.85. The van der Waals surface area contributed by atoms with Crippen LogP contribution in [0.1, 0.15) is 5.56 Å². The molecule has 1 fully saturated rings. The Morgan fingerprint density at radius 2 is 1.64 bits per heavy atom. The number of benzene rings is 3. The van der Waals surface area contributed by atoms with E-state index < -0.39 is 11.9 Å². The highest BCUT2D eigenvalue weighted by Gasteiger charge is 2.35. The Balaban J connectivity index is 1.65. The largest absolute Gasteiger partial charge is 0.333 e. The summed E-state index contributed by atoms with van der Waals surface area (Å²) in [6.07, 6.45) is 1.70. The minimum absolute atomic E-state index is 0.228. The Kier molecular flexibility index (Phi) is 5.19. The number of nitrogens with one attached hydrogen (secondary N) is 1. The molecule has 0 bridgehead atoms. The van der Waals surface area contributed by atoms with Crippen LogP contribution in [0.15, 0.2) is 94.4 Å². The predicted molar refractivity (Wildman–Crippen MR) is 112 cm³/mol. The summed E-state index contributed by atoms with van der Waals surface area (Å²) in [5.74, 6) is -0.410. The van der Waals surface area contributed by atoms with Gasteiger partial charge in [0, 0.05) is 14.8 Å². The molecule has 0 atom stereocenters. The molecule has 3 aromatic carbocycles. The first-order valence-electron chi connectivity index (χ1n) is 8.56. The number of nitrogens with zero attached hydrogens (tertiary/aromatic N) is 1. The van der Waals surface area contributed by atoms with Crippen LogP contribution in [-0.4, -0.2) is 11.9 Å². The quantitative estimate of drug-likeness (QED) is 0.454. The highest BCUT2D eigenvalue weighted by atomic mass is 35.5. The van der Waals surface area contributed by atoms with Crippen LogP contribution >= 0.6 is 23.4 Å². The Labute approximate surface area is 171 Å². The van der Waals surface area contributed by atoms with E-state index in [0.29, 0.717) is 10.7 Å². The molecule has 6 heteroatoms. The van der Waals surface area contributed by atoms with Gasteiger partial charge in [0.25, 0.3) is 5.91 Å². The Bertz CT molecular complexity index is 1080. The highest BCUT2D eigenvalue weighted by Crippen LogP contribution is 2.32. The van der Waals surface area contributed by atoms with Gasteiger partial charge in [-0.25, -0.2) is 9.69 Å². The Morgan fingerprint density at radius 1 is 0.893 bits per heavy atom. The lowest BCUT2D eigenvalue weighted by Crippen LogP contribution is -2.30. The number of halogens is 1. The van der Waals surface area contributed by atoms with Crippen LogP contribution in [0.3, 0.4) is 0 Å². The molecule has 1 heterocycles. The van der Waals surface area contributed by atoms with Gasteiger partial charge in [0.05, 0.1) is 5.69 Å². The van der Waals surface area contributed by atoms with Crippen molar-refractivity contribution in [1.82, 2.24) is 5.32 Å². The van der Waals surface area contributed by atoms with Crippen molar-refractivity contribution in [2.45, 2.75) is 9.79 Å². The zero-order chi connectivity index (χ0) is 19.5. The van der Waals surface area contributed by atoms with Crippen molar-refractivity contribution < 1.29 is 9.59 Å². The van der Waals surface area contributed by atoms with E-state index in [1.807, 2.05) is 54.6 Å². The van der Waals surface area contributed by atoms with Gasteiger partial charge in [0.1, 0.15) is 5.70 Å². The third-order valence-electron chi connectivity index (χ3n) is 4.13. The van der Waals surface area contributed by atoms with Crippen molar-refractivity contribution in [2.75, 3.05) is 4.90 Å². The minimum atomic E-state index is -0.494. The van der Waals surface area contributed by atoms with E-state index >= 15 is 0 Å². The third kappa shape index (κ3) is 3.81. The van der Waals surface area contributed by atoms with Crippen molar-refractivity contribution in [3.63, 3.8) is 0 Å². The number of carbonyl (C=O) groups excluding carboxylic acids is 2. The standard InChI is InChI=1S/C22H15ClN2O2S/c23-16-8-6-9-17(14-16)25-21(26)19(24-22(25)27)13-15-7-4-5-12-20(15)28-18-10-2-1-3-11-18/h1-14H,(H,24,27)/b19-13+. The van der Waals surface area contributed by atoms with Crippen LogP contribution < -0.4 is 10.2 Å². The first-order valence-corrected chi connectivity index (χ1v) is 9.76. The van der Waals surface area contributed by atoms with Crippen molar-refractivity contribution in [2.24, 2.45) is 0 Å². The molecule has 1 saturated heterocycles. The lowest BCUT2D eigenvalue weighted by Gasteiger charge is -2.11. The van der Waals surface area contributed by atoms with Crippen LogP contribution in [0.25, 0.3) is 6.08 Å². The van der Waals surface area contributed by atoms with Crippen LogP contribution in [0.4, 0.5) is 10.5 Å². The molecule has 0 unspecified atom stereocenters. The van der Waals surface area contributed by atoms with E-state index in [-0.39, 0.29) is 5.70 Å². The Hall–Kier alpha value is -3.02. The van der Waals surface area contributed by atoms with Gasteiger partial charge in [0.2, 0.25) is 0 Å². The van der Waals surface area contributed by atoms with Gasteiger partial charge in [0.15, 0.2) is 0 Å². The summed E-state index contributed by atoms with van der Waals surface area (Å²) >= 11 is 7.59. The van der Waals surface area contributed by atoms with Crippen molar-refractivity contribution in [1.29, 1.82) is 0 Å². The van der Waals surface area contributed by atoms with Gasteiger partial charge in [-0.1, -0.05) is 65.8 Å². The number of urea groups is 1. The first kappa shape index (κ1) is 18.3. The average molecular weight is 407 g/mol. The molecule has 1 aliphatic heterocycles. The molecule has 0 aliphatic carbocycles. The zero-order valence-corrected chi connectivity index (χ0v) is 16.2. The maximum absolute atomic E-state index is 12.8. The second-order valence-corrected chi connectivity index (χ2v) is 7.61. The number of hydrogen-bond donors (Lipinski definition) is 1. The van der Waals surface area contributed by atoms with Crippen molar-refractivity contribution in [3.05, 3.63) is 95.1 Å². The number of amides is 3. The van der Waals surface area contributed by atoms with Crippen LogP contribution in [0.5, 0.6) is 0 Å². The van der Waals surface area contributed by atoms with Crippen LogP contribution in [0.2, 0.25) is 5.02 Å². The maximum atomic E-state index is 12.8. The molecule has 4 nitrogen and oxygen atoms in total. The summed E-state index contributed by atoms with van der Waals surface area (Å²) in [5, 5.41) is 3.12. The molecule has 0 aromatic heterocycles. The fraction of sp³-hybridized carbons (Fsp3) is 0. The van der Waals surface area contributed by atoms with Gasteiger partial charge < -0.3 is 5.32 Å². The molecule has 3 amide bonds. The molecule has 138 valence electrons. The van der Waals surface area contributed by atoms with Gasteiger partial charge in [-0.3, -0.25) is 4.79 Å². The van der Waals surface area contributed by atoms with Gasteiger partial charge >= 0.3 is 6.03 Å². The van der Waals surface area contributed by atoms with Crippen molar-refractivity contribution in [3.8, 4) is 0 Å².